The largest absolute Gasteiger partial charge is 0.480 e. The number of aromatic nitrogens is 1. The number of hydrogen-bond donors (Lipinski definition) is 8. The molecule has 13 heteroatoms. The number of aliphatic carboxylic acids is 1. The molecule has 0 radical (unpaired) electrons. The van der Waals surface area contributed by atoms with Gasteiger partial charge in [0.1, 0.15) is 18.1 Å². The minimum atomic E-state index is -1.46. The standard InChI is InChI=1S/C26H38N6O7/c1-13(2)10-17(27)23(35)32-22(14(3)33)25(37)30-19(8-9-21(28)34)24(36)31-20(26(38)39)11-15-12-29-18-7-5-4-6-16(15)18/h4-7,12-14,17,19-20,22,29,33H,8-11,27H2,1-3H3,(H2,28,34)(H,30,37)(H,31,36)(H,32,35)(H,38,39). The lowest BCUT2D eigenvalue weighted by molar-refractivity contribution is -0.142. The molecule has 39 heavy (non-hydrogen) atoms. The van der Waals surface area contributed by atoms with Crippen LogP contribution in [0.2, 0.25) is 0 Å². The van der Waals surface area contributed by atoms with Crippen LogP contribution in [0, 0.1) is 5.92 Å². The first-order valence-electron chi connectivity index (χ1n) is 12.7. The molecule has 0 aliphatic heterocycles. The summed E-state index contributed by atoms with van der Waals surface area (Å²) in [6.07, 6.45) is 0.0641. The lowest BCUT2D eigenvalue weighted by Crippen LogP contribution is -2.60. The third-order valence-corrected chi connectivity index (χ3v) is 6.15. The van der Waals surface area contributed by atoms with Gasteiger partial charge in [-0.15, -0.1) is 0 Å². The molecule has 2 aromatic rings. The van der Waals surface area contributed by atoms with Gasteiger partial charge in [-0.1, -0.05) is 32.0 Å². The van der Waals surface area contributed by atoms with Crippen molar-refractivity contribution in [2.45, 2.75) is 76.7 Å². The van der Waals surface area contributed by atoms with Gasteiger partial charge in [-0.05, 0) is 37.3 Å². The number of aliphatic hydroxyl groups is 1. The molecule has 5 unspecified atom stereocenters. The Hall–Kier alpha value is -3.97. The molecule has 0 bridgehead atoms. The molecule has 2 rings (SSSR count). The molecule has 0 aliphatic rings. The first-order chi connectivity index (χ1) is 18.3. The Bertz CT molecular complexity index is 1180. The third kappa shape index (κ3) is 9.37. The van der Waals surface area contributed by atoms with E-state index < -0.39 is 59.9 Å². The summed E-state index contributed by atoms with van der Waals surface area (Å²) in [5.74, 6) is -4.38. The van der Waals surface area contributed by atoms with Crippen molar-refractivity contribution in [1.29, 1.82) is 0 Å². The summed E-state index contributed by atoms with van der Waals surface area (Å²) in [6.45, 7) is 5.02. The highest BCUT2D eigenvalue weighted by atomic mass is 16.4. The second-order valence-corrected chi connectivity index (χ2v) is 9.99. The predicted octanol–water partition coefficient (Wildman–Crippen LogP) is -0.731. The molecule has 0 saturated heterocycles. The minimum absolute atomic E-state index is 0.0539. The van der Waals surface area contributed by atoms with E-state index in [0.29, 0.717) is 12.0 Å². The van der Waals surface area contributed by atoms with Crippen LogP contribution in [0.25, 0.3) is 10.9 Å². The highest BCUT2D eigenvalue weighted by Gasteiger charge is 2.33. The van der Waals surface area contributed by atoms with Crippen LogP contribution in [0.5, 0.6) is 0 Å². The number of nitrogens with two attached hydrogens (primary N) is 2. The van der Waals surface area contributed by atoms with Gasteiger partial charge in [0.15, 0.2) is 0 Å². The van der Waals surface area contributed by atoms with E-state index in [2.05, 4.69) is 20.9 Å². The molecule has 1 aromatic heterocycles. The fourth-order valence-corrected chi connectivity index (χ4v) is 4.09. The number of amides is 4. The van der Waals surface area contributed by atoms with E-state index in [0.717, 1.165) is 10.9 Å². The minimum Gasteiger partial charge on any atom is -0.480 e. The van der Waals surface area contributed by atoms with Crippen LogP contribution < -0.4 is 27.4 Å². The maximum absolute atomic E-state index is 13.1. The van der Waals surface area contributed by atoms with Crippen molar-refractivity contribution >= 4 is 40.5 Å². The fraction of sp³-hybridized carbons (Fsp3) is 0.500. The number of carboxylic acid groups (broad SMARTS) is 1. The van der Waals surface area contributed by atoms with Gasteiger partial charge in [0.05, 0.1) is 12.1 Å². The lowest BCUT2D eigenvalue weighted by atomic mass is 10.0. The number of rotatable bonds is 15. The first-order valence-corrected chi connectivity index (χ1v) is 12.7. The molecule has 214 valence electrons. The number of H-pyrrole nitrogens is 1. The Morgan fingerprint density at radius 2 is 1.59 bits per heavy atom. The van der Waals surface area contributed by atoms with Gasteiger partial charge in [0, 0.05) is 29.9 Å². The molecule has 0 saturated carbocycles. The number of nitrogens with one attached hydrogen (secondary N) is 4. The number of carboxylic acids is 1. The molecular formula is C26H38N6O7. The SMILES string of the molecule is CC(C)CC(N)C(=O)NC(C(=O)NC(CCC(N)=O)C(=O)NC(Cc1c[nH]c2ccccc12)C(=O)O)C(C)O. The zero-order valence-corrected chi connectivity index (χ0v) is 22.3. The summed E-state index contributed by atoms with van der Waals surface area (Å²) < 4.78 is 0. The van der Waals surface area contributed by atoms with Crippen LogP contribution in [0.3, 0.4) is 0 Å². The van der Waals surface area contributed by atoms with Crippen molar-refractivity contribution in [3.63, 3.8) is 0 Å². The zero-order valence-electron chi connectivity index (χ0n) is 22.3. The van der Waals surface area contributed by atoms with Crippen molar-refractivity contribution in [2.75, 3.05) is 0 Å². The molecule has 0 aliphatic carbocycles. The van der Waals surface area contributed by atoms with E-state index in [1.54, 1.807) is 12.3 Å². The van der Waals surface area contributed by atoms with Gasteiger partial charge in [-0.3, -0.25) is 19.2 Å². The van der Waals surface area contributed by atoms with E-state index in [9.17, 15) is 34.2 Å². The Kier molecular flexibility index (Phi) is 11.4. The highest BCUT2D eigenvalue weighted by molar-refractivity contribution is 5.95. The normalized spacial score (nSPS) is 15.1. The molecule has 1 heterocycles. The van der Waals surface area contributed by atoms with Crippen LogP contribution in [0.4, 0.5) is 0 Å². The smallest absolute Gasteiger partial charge is 0.326 e. The number of primary amides is 1. The maximum atomic E-state index is 13.1. The number of aliphatic hydroxyl groups excluding tert-OH is 1. The monoisotopic (exact) mass is 546 g/mol. The summed E-state index contributed by atoms with van der Waals surface area (Å²) in [6, 6.07) is 2.16. The number of hydrogen-bond acceptors (Lipinski definition) is 7. The summed E-state index contributed by atoms with van der Waals surface area (Å²) in [5, 5.41) is 27.9. The Morgan fingerprint density at radius 3 is 2.18 bits per heavy atom. The van der Waals surface area contributed by atoms with E-state index >= 15 is 0 Å². The molecule has 13 nitrogen and oxygen atoms in total. The average molecular weight is 547 g/mol. The summed E-state index contributed by atoms with van der Waals surface area (Å²) in [5.41, 5.74) is 12.5. The van der Waals surface area contributed by atoms with E-state index in [1.807, 2.05) is 32.0 Å². The number of benzene rings is 1. The van der Waals surface area contributed by atoms with Crippen molar-refractivity contribution < 1.29 is 34.2 Å². The van der Waals surface area contributed by atoms with E-state index in [-0.39, 0.29) is 25.2 Å². The van der Waals surface area contributed by atoms with Crippen molar-refractivity contribution in [3.8, 4) is 0 Å². The number of carbonyl (C=O) groups excluding carboxylic acids is 4. The van der Waals surface area contributed by atoms with Crippen LogP contribution in [0.15, 0.2) is 30.5 Å². The van der Waals surface area contributed by atoms with Crippen molar-refractivity contribution in [1.82, 2.24) is 20.9 Å². The molecular weight excluding hydrogens is 508 g/mol. The van der Waals surface area contributed by atoms with Gasteiger partial charge in [0.2, 0.25) is 23.6 Å². The first kappa shape index (κ1) is 31.2. The molecule has 4 amide bonds. The van der Waals surface area contributed by atoms with Gasteiger partial charge in [-0.2, -0.15) is 0 Å². The van der Waals surface area contributed by atoms with Crippen LogP contribution in [-0.2, 0) is 30.4 Å². The van der Waals surface area contributed by atoms with Gasteiger partial charge in [-0.25, -0.2) is 4.79 Å². The summed E-state index contributed by atoms with van der Waals surface area (Å²) in [4.78, 5) is 65.0. The predicted molar refractivity (Wildman–Crippen MR) is 143 cm³/mol. The molecule has 0 fully saturated rings. The topological polar surface area (TPSA) is 230 Å². The quantitative estimate of drug-likeness (QED) is 0.142. The number of aromatic amines is 1. The van der Waals surface area contributed by atoms with Crippen molar-refractivity contribution in [3.05, 3.63) is 36.0 Å². The summed E-state index contributed by atoms with van der Waals surface area (Å²) >= 11 is 0. The Morgan fingerprint density at radius 1 is 0.949 bits per heavy atom. The fourth-order valence-electron chi connectivity index (χ4n) is 4.09. The Labute approximate surface area is 226 Å². The Balaban J connectivity index is 2.18. The molecule has 10 N–H and O–H groups in total. The molecule has 1 aromatic carbocycles. The van der Waals surface area contributed by atoms with Crippen LogP contribution >= 0.6 is 0 Å². The van der Waals surface area contributed by atoms with E-state index in [1.165, 1.54) is 6.92 Å². The number of para-hydroxylation sites is 1. The molecule has 0 spiro atoms. The summed E-state index contributed by atoms with van der Waals surface area (Å²) in [7, 11) is 0. The second kappa shape index (κ2) is 14.3. The van der Waals surface area contributed by atoms with Gasteiger partial charge >= 0.3 is 5.97 Å². The number of carbonyl (C=O) groups is 5. The third-order valence-electron chi connectivity index (χ3n) is 6.15. The number of fused-ring (bicyclic) bond motifs is 1. The highest BCUT2D eigenvalue weighted by Crippen LogP contribution is 2.19. The zero-order chi connectivity index (χ0) is 29.3. The molecule has 5 atom stereocenters. The van der Waals surface area contributed by atoms with Crippen LogP contribution in [0.1, 0.15) is 45.6 Å². The van der Waals surface area contributed by atoms with Gasteiger partial charge in [0.25, 0.3) is 0 Å². The second-order valence-electron chi connectivity index (χ2n) is 9.99. The van der Waals surface area contributed by atoms with Crippen LogP contribution in [-0.4, -0.2) is 75.1 Å². The van der Waals surface area contributed by atoms with E-state index in [4.69, 9.17) is 11.5 Å². The maximum Gasteiger partial charge on any atom is 0.326 e. The lowest BCUT2D eigenvalue weighted by Gasteiger charge is -2.26. The average Bonchev–Trinajstić information content (AvgIpc) is 3.26. The van der Waals surface area contributed by atoms with Crippen molar-refractivity contribution in [2.24, 2.45) is 17.4 Å². The van der Waals surface area contributed by atoms with Gasteiger partial charge < -0.3 is 42.6 Å².